The molecule has 2 aromatic heterocycles. The van der Waals surface area contributed by atoms with E-state index >= 15 is 28.8 Å². The first-order valence-corrected chi connectivity index (χ1v) is 44.0. The topological polar surface area (TPSA) is 589 Å². The van der Waals surface area contributed by atoms with Crippen LogP contribution in [0.1, 0.15) is 177 Å². The Morgan fingerprint density at radius 2 is 0.904 bits per heavy atom. The molecule has 4 aromatic carbocycles. The summed E-state index contributed by atoms with van der Waals surface area (Å²) in [6.07, 6.45) is -6.02. The van der Waals surface area contributed by atoms with Crippen molar-refractivity contribution in [2.45, 2.75) is 256 Å². The number of carboxylic acids is 1. The van der Waals surface area contributed by atoms with Crippen LogP contribution in [0.2, 0.25) is 0 Å². The smallest absolute Gasteiger partial charge is 0.419 e. The number of aromatic nitrogens is 2. The minimum atomic E-state index is -2.14. The Kier molecular flexibility index (Phi) is 36.6. The molecule has 11 atom stereocenters. The number of fused-ring (bicyclic) bond motifs is 5. The lowest BCUT2D eigenvalue weighted by molar-refractivity contribution is -0.156. The van der Waals surface area contributed by atoms with Gasteiger partial charge in [0.15, 0.2) is 0 Å². The van der Waals surface area contributed by atoms with E-state index in [4.69, 9.17) is 39.9 Å². The van der Waals surface area contributed by atoms with E-state index in [1.807, 2.05) is 48.5 Å². The number of esters is 2. The molecule has 0 radical (unpaired) electrons. The molecule has 6 aromatic rings. The molecule has 41 nitrogen and oxygen atoms in total. The van der Waals surface area contributed by atoms with Gasteiger partial charge in [0.05, 0.1) is 55.0 Å². The molecule has 0 unspecified atom stereocenters. The van der Waals surface area contributed by atoms with E-state index in [9.17, 15) is 67.7 Å². The van der Waals surface area contributed by atoms with E-state index in [0.717, 1.165) is 38.6 Å². The molecule has 41 heteroatoms. The van der Waals surface area contributed by atoms with Gasteiger partial charge in [-0.15, -0.1) is 0 Å². The van der Waals surface area contributed by atoms with Gasteiger partial charge in [-0.05, 0) is 161 Å². The first-order chi connectivity index (χ1) is 63.2. The lowest BCUT2D eigenvalue weighted by atomic mass is 9.98. The number of nitrogens with zero attached hydrogens (tertiary/aromatic N) is 3. The zero-order chi connectivity index (χ0) is 100. The van der Waals surface area contributed by atoms with E-state index in [1.165, 1.54) is 43.8 Å². The normalized spacial score (nSPS) is 15.4. The second kappa shape index (κ2) is 46.5. The van der Waals surface area contributed by atoms with Crippen LogP contribution in [0.3, 0.4) is 0 Å². The Hall–Kier alpha value is -14.1. The summed E-state index contributed by atoms with van der Waals surface area (Å²) in [5.74, 6) is -18.7. The van der Waals surface area contributed by atoms with Crippen molar-refractivity contribution in [1.29, 1.82) is 0 Å². The molecule has 3 heterocycles. The van der Waals surface area contributed by atoms with Crippen molar-refractivity contribution in [1.82, 2.24) is 67.2 Å². The zero-order valence-corrected chi connectivity index (χ0v) is 78.3. The van der Waals surface area contributed by atoms with E-state index in [1.54, 1.807) is 125 Å². The maximum Gasteiger partial charge on any atom is 0.419 e. The Labute approximate surface area is 779 Å². The molecule has 0 bridgehead atoms. The first kappa shape index (κ1) is 106. The molecule has 0 saturated carbocycles. The predicted molar refractivity (Wildman–Crippen MR) is 488 cm³/mol. The van der Waals surface area contributed by atoms with Gasteiger partial charge in [0.2, 0.25) is 70.9 Å². The highest BCUT2D eigenvalue weighted by Crippen LogP contribution is 2.45. The number of aliphatic carboxylic acids is 1. The van der Waals surface area contributed by atoms with Crippen molar-refractivity contribution in [2.24, 2.45) is 17.4 Å². The summed E-state index contributed by atoms with van der Waals surface area (Å²) in [5, 5.41) is 46.6. The van der Waals surface area contributed by atoms with Crippen molar-refractivity contribution < 1.29 is 125 Å². The maximum absolute atomic E-state index is 15.6. The van der Waals surface area contributed by atoms with Crippen LogP contribution in [0, 0.1) is 5.92 Å². The van der Waals surface area contributed by atoms with Crippen molar-refractivity contribution in [3.05, 3.63) is 144 Å². The highest BCUT2D eigenvalue weighted by atomic mass is 16.6. The molecule has 13 amide bonds. The maximum atomic E-state index is 15.6. The Morgan fingerprint density at radius 3 is 1.36 bits per heavy atom. The highest BCUT2D eigenvalue weighted by Gasteiger charge is 2.44. The standard InChI is InChI=1S/C94H123N15O26/c1-17-37-130-76(116)45-97-78(117)66(43-74(113)114)102-79(118)61(38-50(2)3)98-80(119)63(40-53-47-109(90(129)135-94(14,15)16)70-34-25-23-28-55(53)70)103-86(125)71-35-26-36-107(71)87(126)77(51(4)110)106-85(124)68(49-132-91(5,6)7)104-81(120)62(39-52-46-108(89(128)134-93(11,12)13)69-33-24-22-27-54(52)69)99-82(121)64(41-72(95)111)100-83(122)65(42-73(96)112)101-84(123)67(44-75(115)133-92(8,9)10)105-88(127)131-48-60-58-31-20-18-29-56(58)57-30-19-21-32-59(57)60/h17-25,27-34,46-47,50-51,60-68,71,77,110H,1,26,35-45,48-49H2,2-16H3,(H2,95,111)(H2,96,112)(H,97,117)(H,98,119)(H,99,121)(H,100,122)(H,101,123)(H,102,118)(H,103,125)(H,104,120)(H,105,127)(H,106,124)(H,113,114)/t51-,61+,62+,63+,64+,65+,66+,67+,68+,71+,77+/m1/s1. The average molecular weight is 1880 g/mol. The lowest BCUT2D eigenvalue weighted by Crippen LogP contribution is -2.63. The number of hydrogen-bond acceptors (Lipinski definition) is 25. The third-order valence-corrected chi connectivity index (χ3v) is 21.0. The monoisotopic (exact) mass is 1880 g/mol. The number of aliphatic hydroxyl groups is 1. The fraction of sp³-hybridized carbons (Fsp3) is 0.489. The molecule has 16 N–H and O–H groups in total. The van der Waals surface area contributed by atoms with E-state index < -0.39 is 260 Å². The summed E-state index contributed by atoms with van der Waals surface area (Å²) in [5.41, 5.74) is 11.5. The number of carboxylic acid groups (broad SMARTS) is 1. The zero-order valence-electron chi connectivity index (χ0n) is 78.3. The summed E-state index contributed by atoms with van der Waals surface area (Å²) in [4.78, 5) is 256. The molecule has 1 aliphatic heterocycles. The predicted octanol–water partition coefficient (Wildman–Crippen LogP) is 3.77. The van der Waals surface area contributed by atoms with Gasteiger partial charge in [0.1, 0.15) is 97.0 Å². The number of nitrogens with two attached hydrogens (primary N) is 2. The van der Waals surface area contributed by atoms with Crippen LogP contribution in [0.25, 0.3) is 32.9 Å². The number of alkyl carbamates (subject to hydrolysis) is 1. The van der Waals surface area contributed by atoms with Crippen LogP contribution >= 0.6 is 0 Å². The van der Waals surface area contributed by atoms with Crippen molar-refractivity contribution in [3.8, 4) is 11.1 Å². The number of rotatable bonds is 42. The van der Waals surface area contributed by atoms with Gasteiger partial charge in [0, 0.05) is 48.5 Å². The van der Waals surface area contributed by atoms with Gasteiger partial charge in [-0.25, -0.2) is 14.4 Å². The van der Waals surface area contributed by atoms with E-state index in [-0.39, 0.29) is 55.7 Å². The molecule has 730 valence electrons. The number of hydrogen-bond donors (Lipinski definition) is 14. The molecule has 135 heavy (non-hydrogen) atoms. The van der Waals surface area contributed by atoms with Crippen LogP contribution in [0.15, 0.2) is 122 Å². The molecule has 1 saturated heterocycles. The summed E-state index contributed by atoms with van der Waals surface area (Å²) in [6.45, 7) is 24.9. The van der Waals surface area contributed by atoms with Crippen molar-refractivity contribution in [2.75, 3.05) is 32.9 Å². The van der Waals surface area contributed by atoms with Gasteiger partial charge < -0.3 is 108 Å². The van der Waals surface area contributed by atoms with Crippen molar-refractivity contribution >= 4 is 129 Å². The Morgan fingerprint density at radius 1 is 0.481 bits per heavy atom. The fourth-order valence-electron chi connectivity index (χ4n) is 15.1. The molecule has 0 spiro atoms. The molecule has 1 fully saturated rings. The van der Waals surface area contributed by atoms with Crippen LogP contribution in [-0.4, -0.2) is 253 Å². The number of ether oxygens (including phenoxy) is 6. The van der Waals surface area contributed by atoms with Crippen LogP contribution in [-0.2, 0) is 113 Å². The largest absolute Gasteiger partial charge is 0.481 e. The summed E-state index contributed by atoms with van der Waals surface area (Å²) in [6, 6.07) is 9.05. The summed E-state index contributed by atoms with van der Waals surface area (Å²) >= 11 is 0. The number of primary amides is 2. The number of benzene rings is 4. The average Bonchev–Trinajstić information content (AvgIpc) is 1.60. The van der Waals surface area contributed by atoms with Crippen LogP contribution < -0.4 is 64.6 Å². The molecule has 1 aliphatic carbocycles. The van der Waals surface area contributed by atoms with Crippen molar-refractivity contribution in [3.63, 3.8) is 0 Å². The second-order valence-corrected chi connectivity index (χ2v) is 37.3. The lowest BCUT2D eigenvalue weighted by Gasteiger charge is -2.32. The molecule has 2 aliphatic rings. The number of nitrogens with one attached hydrogen (secondary N) is 10. The van der Waals surface area contributed by atoms with Gasteiger partial charge in [0.25, 0.3) is 0 Å². The van der Waals surface area contributed by atoms with Gasteiger partial charge in [-0.3, -0.25) is 81.1 Å². The summed E-state index contributed by atoms with van der Waals surface area (Å²) in [7, 11) is 0. The minimum Gasteiger partial charge on any atom is -0.481 e. The molecular formula is C94H123N15O26. The Bertz CT molecular complexity index is 5390. The number of amides is 13. The number of carbonyl (C=O) groups excluding carboxylic acids is 17. The van der Waals surface area contributed by atoms with Gasteiger partial charge in [-0.2, -0.15) is 0 Å². The van der Waals surface area contributed by atoms with E-state index in [2.05, 4.69) is 59.7 Å². The third kappa shape index (κ3) is 31.3. The third-order valence-electron chi connectivity index (χ3n) is 21.0. The second-order valence-electron chi connectivity index (χ2n) is 37.3. The quantitative estimate of drug-likeness (QED) is 0.0147. The number of aliphatic hydroxyl groups excluding tert-OH is 1. The minimum absolute atomic E-state index is 0.0987. The Balaban J connectivity index is 1.09. The van der Waals surface area contributed by atoms with E-state index in [0.29, 0.717) is 16.3 Å². The van der Waals surface area contributed by atoms with Gasteiger partial charge in [-0.1, -0.05) is 111 Å². The fourth-order valence-corrected chi connectivity index (χ4v) is 15.1. The highest BCUT2D eigenvalue weighted by molar-refractivity contribution is 6.03. The number of para-hydroxylation sites is 2. The summed E-state index contributed by atoms with van der Waals surface area (Å²) < 4.78 is 35.9. The van der Waals surface area contributed by atoms with Gasteiger partial charge >= 0.3 is 36.2 Å². The van der Waals surface area contributed by atoms with Crippen LogP contribution in [0.4, 0.5) is 14.4 Å². The first-order valence-electron chi connectivity index (χ1n) is 44.0. The number of likely N-dealkylation sites (tertiary alicyclic amines) is 1. The molecular weight excluding hydrogens is 1760 g/mol. The molecule has 8 rings (SSSR count). The van der Waals surface area contributed by atoms with Crippen LogP contribution in [0.5, 0.6) is 0 Å². The SMILES string of the molecule is C=CCOC(=O)CNC(=O)[C@H](CC(=O)O)NC(=O)[C@H](CC(C)C)NC(=O)[C@H](Cc1cn(C(=O)OC(C)(C)C)c2ccccc12)NC(=O)[C@@H]1CCCN1C(=O)[C@@H](NC(=O)[C@H](COC(C)(C)C)NC(=O)[C@H](Cc1cn(C(=O)OC(C)(C)C)c2ccccc12)NC(=O)[C@H](CC(N)=O)NC(=O)[C@H](CC(N)=O)NC(=O)[C@H](CC(=O)OC(C)(C)C)NC(=O)OCC1c2ccccc2-c2ccccc21)[C@@H](C)O. The number of carbonyl (C=O) groups is 18.